The van der Waals surface area contributed by atoms with Crippen LogP contribution < -0.4 is 5.73 Å². The van der Waals surface area contributed by atoms with Crippen LogP contribution in [0.25, 0.3) is 0 Å². The fraction of sp³-hybridized carbons (Fsp3) is 0.727. The second kappa shape index (κ2) is 5.80. The second-order valence-corrected chi connectivity index (χ2v) is 4.79. The van der Waals surface area contributed by atoms with Crippen molar-refractivity contribution in [2.75, 3.05) is 7.11 Å². The van der Waals surface area contributed by atoms with Crippen molar-refractivity contribution in [3.8, 4) is 0 Å². The largest absolute Gasteiger partial charge is 0.380 e. The highest BCUT2D eigenvalue weighted by Gasteiger charge is 2.18. The third-order valence-electron chi connectivity index (χ3n) is 2.91. The van der Waals surface area contributed by atoms with Gasteiger partial charge in [0.2, 0.25) is 0 Å². The van der Waals surface area contributed by atoms with Gasteiger partial charge in [-0.1, -0.05) is 6.92 Å². The Morgan fingerprint density at radius 3 is 2.62 bits per heavy atom. The van der Waals surface area contributed by atoms with Gasteiger partial charge in [0.05, 0.1) is 22.0 Å². The lowest BCUT2D eigenvalue weighted by molar-refractivity contribution is 0.0950. The zero-order valence-corrected chi connectivity index (χ0v) is 11.9. The molecule has 0 radical (unpaired) electrons. The van der Waals surface area contributed by atoms with Crippen LogP contribution in [0.5, 0.6) is 0 Å². The van der Waals surface area contributed by atoms with Gasteiger partial charge in [0.15, 0.2) is 0 Å². The summed E-state index contributed by atoms with van der Waals surface area (Å²) >= 11 is 3.58. The quantitative estimate of drug-likeness (QED) is 0.897. The molecule has 4 nitrogen and oxygen atoms in total. The topological polar surface area (TPSA) is 53.1 Å². The predicted octanol–water partition coefficient (Wildman–Crippen LogP) is 1.65. The third-order valence-corrected chi connectivity index (χ3v) is 3.82. The number of aromatic nitrogens is 2. The third kappa shape index (κ3) is 2.84. The van der Waals surface area contributed by atoms with Crippen LogP contribution >= 0.6 is 15.9 Å². The molecular formula is C11H20BrN3O. The molecule has 5 heteroatoms. The summed E-state index contributed by atoms with van der Waals surface area (Å²) in [5.74, 6) is 0. The van der Waals surface area contributed by atoms with Gasteiger partial charge < -0.3 is 10.5 Å². The summed E-state index contributed by atoms with van der Waals surface area (Å²) in [6, 6.07) is -0.0126. The van der Waals surface area contributed by atoms with Gasteiger partial charge in [-0.25, -0.2) is 0 Å². The van der Waals surface area contributed by atoms with Crippen LogP contribution in [0.2, 0.25) is 0 Å². The molecule has 0 aliphatic rings. The van der Waals surface area contributed by atoms with Gasteiger partial charge in [0, 0.05) is 26.6 Å². The number of hydrogen-bond acceptors (Lipinski definition) is 3. The minimum absolute atomic E-state index is 0.0126. The van der Waals surface area contributed by atoms with Crippen molar-refractivity contribution in [3.05, 3.63) is 15.9 Å². The molecule has 0 saturated heterocycles. The van der Waals surface area contributed by atoms with Gasteiger partial charge in [-0.05, 0) is 29.3 Å². The molecule has 0 aliphatic heterocycles. The Labute approximate surface area is 105 Å². The van der Waals surface area contributed by atoms with E-state index in [9.17, 15) is 0 Å². The molecule has 0 amide bonds. The summed E-state index contributed by atoms with van der Waals surface area (Å²) in [5.41, 5.74) is 8.27. The van der Waals surface area contributed by atoms with E-state index in [4.69, 9.17) is 10.5 Å². The number of rotatable bonds is 5. The predicted molar refractivity (Wildman–Crippen MR) is 68.4 cm³/mol. The lowest BCUT2D eigenvalue weighted by atomic mass is 10.1. The Balaban J connectivity index is 2.84. The zero-order valence-electron chi connectivity index (χ0n) is 10.3. The van der Waals surface area contributed by atoms with Crippen molar-refractivity contribution in [2.45, 2.75) is 38.8 Å². The number of aryl methyl sites for hydroxylation is 2. The van der Waals surface area contributed by atoms with E-state index in [1.807, 2.05) is 18.7 Å². The SMILES string of the molecule is CCc1nn(C)c(CC(N)C(C)OC)c1Br. The van der Waals surface area contributed by atoms with Crippen molar-refractivity contribution >= 4 is 15.9 Å². The first-order valence-electron chi connectivity index (χ1n) is 5.49. The first-order chi connectivity index (χ1) is 7.51. The fourth-order valence-electron chi connectivity index (χ4n) is 1.61. The van der Waals surface area contributed by atoms with Crippen molar-refractivity contribution in [2.24, 2.45) is 12.8 Å². The molecule has 1 aromatic heterocycles. The normalized spacial score (nSPS) is 15.1. The van der Waals surface area contributed by atoms with Gasteiger partial charge >= 0.3 is 0 Å². The molecule has 2 unspecified atom stereocenters. The lowest BCUT2D eigenvalue weighted by Gasteiger charge is -2.18. The number of ether oxygens (including phenoxy) is 1. The van der Waals surface area contributed by atoms with Gasteiger partial charge in [0.1, 0.15) is 0 Å². The van der Waals surface area contributed by atoms with E-state index in [-0.39, 0.29) is 12.1 Å². The van der Waals surface area contributed by atoms with Gasteiger partial charge in [-0.2, -0.15) is 5.10 Å². The number of nitrogens with two attached hydrogens (primary N) is 1. The van der Waals surface area contributed by atoms with E-state index in [2.05, 4.69) is 28.0 Å². The minimum Gasteiger partial charge on any atom is -0.380 e. The van der Waals surface area contributed by atoms with Gasteiger partial charge in [-0.3, -0.25) is 4.68 Å². The van der Waals surface area contributed by atoms with E-state index >= 15 is 0 Å². The summed E-state index contributed by atoms with van der Waals surface area (Å²) in [7, 11) is 3.63. The van der Waals surface area contributed by atoms with Crippen molar-refractivity contribution in [1.82, 2.24) is 9.78 Å². The van der Waals surface area contributed by atoms with Gasteiger partial charge in [0.25, 0.3) is 0 Å². The fourth-order valence-corrected chi connectivity index (χ4v) is 2.38. The molecule has 0 fully saturated rings. The number of hydrogen-bond donors (Lipinski definition) is 1. The van der Waals surface area contributed by atoms with Crippen LogP contribution in [0.4, 0.5) is 0 Å². The molecule has 0 saturated carbocycles. The van der Waals surface area contributed by atoms with Crippen LogP contribution in [-0.4, -0.2) is 29.0 Å². The molecule has 1 aromatic rings. The Morgan fingerprint density at radius 1 is 1.56 bits per heavy atom. The Morgan fingerprint density at radius 2 is 2.19 bits per heavy atom. The summed E-state index contributed by atoms with van der Waals surface area (Å²) in [5, 5.41) is 4.44. The van der Waals surface area contributed by atoms with E-state index in [0.29, 0.717) is 0 Å². The van der Waals surface area contributed by atoms with Crippen LogP contribution in [-0.2, 0) is 24.6 Å². The van der Waals surface area contributed by atoms with Crippen LogP contribution in [0, 0.1) is 0 Å². The highest BCUT2D eigenvalue weighted by atomic mass is 79.9. The maximum absolute atomic E-state index is 6.06. The first-order valence-corrected chi connectivity index (χ1v) is 6.29. The molecule has 1 heterocycles. The van der Waals surface area contributed by atoms with E-state index in [1.54, 1.807) is 7.11 Å². The van der Waals surface area contributed by atoms with Crippen molar-refractivity contribution in [3.63, 3.8) is 0 Å². The molecule has 1 rings (SSSR count). The van der Waals surface area contributed by atoms with Gasteiger partial charge in [-0.15, -0.1) is 0 Å². The number of nitrogens with zero attached hydrogens (tertiary/aromatic N) is 2. The first kappa shape index (κ1) is 13.7. The number of halogens is 1. The Kier molecular flexibility index (Phi) is 4.95. The van der Waals surface area contributed by atoms with E-state index < -0.39 is 0 Å². The van der Waals surface area contributed by atoms with Crippen LogP contribution in [0.15, 0.2) is 4.47 Å². The molecule has 0 bridgehead atoms. The number of methoxy groups -OCH3 is 1. The summed E-state index contributed by atoms with van der Waals surface area (Å²) in [6.45, 7) is 4.07. The summed E-state index contributed by atoms with van der Waals surface area (Å²) in [6.07, 6.45) is 1.73. The molecule has 2 N–H and O–H groups in total. The van der Waals surface area contributed by atoms with Crippen LogP contribution in [0.1, 0.15) is 25.2 Å². The van der Waals surface area contributed by atoms with E-state index in [0.717, 1.165) is 28.7 Å². The average Bonchev–Trinajstić information content (AvgIpc) is 2.55. The highest BCUT2D eigenvalue weighted by Crippen LogP contribution is 2.23. The molecular weight excluding hydrogens is 270 g/mol. The zero-order chi connectivity index (χ0) is 12.3. The molecule has 0 aliphatic carbocycles. The molecule has 0 aromatic carbocycles. The highest BCUT2D eigenvalue weighted by molar-refractivity contribution is 9.10. The average molecular weight is 290 g/mol. The van der Waals surface area contributed by atoms with E-state index in [1.165, 1.54) is 0 Å². The smallest absolute Gasteiger partial charge is 0.0766 e. The molecule has 16 heavy (non-hydrogen) atoms. The van der Waals surface area contributed by atoms with Crippen LogP contribution in [0.3, 0.4) is 0 Å². The van der Waals surface area contributed by atoms with Crippen molar-refractivity contribution in [1.29, 1.82) is 0 Å². The molecule has 0 spiro atoms. The molecule has 92 valence electrons. The summed E-state index contributed by atoms with van der Waals surface area (Å²) < 4.78 is 8.20. The Hall–Kier alpha value is -0.390. The summed E-state index contributed by atoms with van der Waals surface area (Å²) in [4.78, 5) is 0. The lowest BCUT2D eigenvalue weighted by Crippen LogP contribution is -2.36. The van der Waals surface area contributed by atoms with Crippen molar-refractivity contribution < 1.29 is 4.74 Å². The maximum Gasteiger partial charge on any atom is 0.0766 e. The minimum atomic E-state index is -0.0126. The monoisotopic (exact) mass is 289 g/mol. The maximum atomic E-state index is 6.06. The standard InChI is InChI=1S/C11H20BrN3O/c1-5-9-11(12)10(15(3)14-9)6-8(13)7(2)16-4/h7-8H,5-6,13H2,1-4H3. The second-order valence-electron chi connectivity index (χ2n) is 3.99. The Bertz CT molecular complexity index is 351. The molecule has 2 atom stereocenters.